The number of halogens is 1. The molecular formula is C31H51BrN6O9. The lowest BCUT2D eigenvalue weighted by atomic mass is 10.0. The first-order chi connectivity index (χ1) is 22.4. The van der Waals surface area contributed by atoms with Crippen molar-refractivity contribution in [2.75, 3.05) is 84.5 Å². The van der Waals surface area contributed by atoms with Crippen molar-refractivity contribution in [1.29, 1.82) is 0 Å². The maximum atomic E-state index is 12.9. The number of carbonyl (C=O) groups excluding carboxylic acids is 3. The van der Waals surface area contributed by atoms with Gasteiger partial charge >= 0.3 is 6.09 Å². The number of rotatable bonds is 24. The van der Waals surface area contributed by atoms with Gasteiger partial charge < -0.3 is 44.4 Å². The van der Waals surface area contributed by atoms with Gasteiger partial charge in [0.2, 0.25) is 11.8 Å². The molecule has 47 heavy (non-hydrogen) atoms. The van der Waals surface area contributed by atoms with Crippen LogP contribution in [0.5, 0.6) is 0 Å². The van der Waals surface area contributed by atoms with Gasteiger partial charge in [-0.05, 0) is 70.2 Å². The maximum Gasteiger partial charge on any atom is 0.408 e. The fourth-order valence-electron chi connectivity index (χ4n) is 4.05. The summed E-state index contributed by atoms with van der Waals surface area (Å²) in [7, 11) is 0. The minimum Gasteiger partial charge on any atom is -0.444 e. The van der Waals surface area contributed by atoms with Crippen molar-refractivity contribution in [3.63, 3.8) is 0 Å². The Labute approximate surface area is 285 Å². The summed E-state index contributed by atoms with van der Waals surface area (Å²) in [6, 6.07) is 0.994. The molecule has 16 heteroatoms. The van der Waals surface area contributed by atoms with Crippen LogP contribution in [0.3, 0.4) is 0 Å². The Bertz CT molecular complexity index is 1160. The summed E-state index contributed by atoms with van der Waals surface area (Å²) in [6.07, 6.45) is -0.680. The highest BCUT2D eigenvalue weighted by Gasteiger charge is 2.25. The minimum atomic E-state index is -0.986. The Hall–Kier alpha value is -2.98. The monoisotopic (exact) mass is 730 g/mol. The second-order valence-electron chi connectivity index (χ2n) is 11.4. The number of azide groups is 1. The summed E-state index contributed by atoms with van der Waals surface area (Å²) < 4.78 is 33.2. The van der Waals surface area contributed by atoms with E-state index >= 15 is 0 Å². The summed E-state index contributed by atoms with van der Waals surface area (Å²) in [4.78, 5) is 40.8. The molecule has 1 aromatic rings. The lowest BCUT2D eigenvalue weighted by Crippen LogP contribution is -2.49. The van der Waals surface area contributed by atoms with Gasteiger partial charge in [-0.3, -0.25) is 9.59 Å². The second-order valence-corrected chi connectivity index (χ2v) is 12.2. The molecule has 0 aromatic heterocycles. The van der Waals surface area contributed by atoms with E-state index < -0.39 is 23.6 Å². The molecule has 0 aliphatic carbocycles. The summed E-state index contributed by atoms with van der Waals surface area (Å²) in [5, 5.41) is 11.6. The number of amides is 3. The molecule has 0 spiro atoms. The number of hydrogen-bond donors (Lipinski definition) is 3. The number of nitrogens with one attached hydrogen (secondary N) is 3. The highest BCUT2D eigenvalue weighted by molar-refractivity contribution is 9.10. The minimum absolute atomic E-state index is 0.000936. The zero-order chi connectivity index (χ0) is 35.1. The molecule has 0 bridgehead atoms. The third kappa shape index (κ3) is 20.1. The van der Waals surface area contributed by atoms with Crippen LogP contribution in [-0.4, -0.2) is 109 Å². The van der Waals surface area contributed by atoms with E-state index in [4.69, 9.17) is 34.0 Å². The average Bonchev–Trinajstić information content (AvgIpc) is 3.00. The van der Waals surface area contributed by atoms with Crippen LogP contribution < -0.4 is 16.0 Å². The predicted octanol–water partition coefficient (Wildman–Crippen LogP) is 4.50. The number of nitrogens with zero attached hydrogens (tertiary/aromatic N) is 3. The smallest absolute Gasteiger partial charge is 0.408 e. The Morgan fingerprint density at radius 1 is 0.872 bits per heavy atom. The van der Waals surface area contributed by atoms with E-state index in [0.717, 1.165) is 21.2 Å². The zero-order valence-corrected chi connectivity index (χ0v) is 30.0. The quantitative estimate of drug-likeness (QED) is 0.0595. The molecule has 0 unspecified atom stereocenters. The molecular weight excluding hydrogens is 680 g/mol. The first kappa shape index (κ1) is 42.0. The molecule has 1 rings (SSSR count). The summed E-state index contributed by atoms with van der Waals surface area (Å²) in [6.45, 7) is 15.3. The van der Waals surface area contributed by atoms with Crippen LogP contribution in [0.1, 0.15) is 50.3 Å². The highest BCUT2D eigenvalue weighted by atomic mass is 79.9. The van der Waals surface area contributed by atoms with Gasteiger partial charge in [0.1, 0.15) is 11.6 Å². The molecule has 15 nitrogen and oxygen atoms in total. The van der Waals surface area contributed by atoms with Crippen molar-refractivity contribution in [1.82, 2.24) is 10.6 Å². The van der Waals surface area contributed by atoms with Crippen molar-refractivity contribution in [3.05, 3.63) is 37.7 Å². The van der Waals surface area contributed by atoms with Crippen LogP contribution in [0.15, 0.2) is 15.7 Å². The topological polar surface area (TPSA) is 191 Å². The largest absolute Gasteiger partial charge is 0.444 e. The van der Waals surface area contributed by atoms with E-state index in [1.165, 1.54) is 0 Å². The average molecular weight is 732 g/mol. The van der Waals surface area contributed by atoms with E-state index in [0.29, 0.717) is 71.7 Å². The first-order valence-electron chi connectivity index (χ1n) is 15.6. The van der Waals surface area contributed by atoms with Gasteiger partial charge in [0, 0.05) is 34.6 Å². The van der Waals surface area contributed by atoms with Gasteiger partial charge in [-0.15, -0.1) is 0 Å². The fourth-order valence-corrected chi connectivity index (χ4v) is 4.36. The Morgan fingerprint density at radius 3 is 1.94 bits per heavy atom. The maximum absolute atomic E-state index is 12.9. The van der Waals surface area contributed by atoms with Crippen LogP contribution in [-0.2, 0) is 38.0 Å². The van der Waals surface area contributed by atoms with E-state index in [9.17, 15) is 14.4 Å². The molecule has 0 aliphatic rings. The highest BCUT2D eigenvalue weighted by Crippen LogP contribution is 2.31. The number of carbonyl (C=O) groups is 3. The first-order valence-corrected chi connectivity index (χ1v) is 16.4. The molecule has 3 N–H and O–H groups in total. The van der Waals surface area contributed by atoms with Crippen molar-refractivity contribution in [3.8, 4) is 0 Å². The van der Waals surface area contributed by atoms with E-state index in [-0.39, 0.29) is 31.9 Å². The third-order valence-electron chi connectivity index (χ3n) is 6.24. The van der Waals surface area contributed by atoms with Crippen molar-refractivity contribution < 1.29 is 42.8 Å². The normalized spacial score (nSPS) is 11.8. The second kappa shape index (κ2) is 24.2. The lowest BCUT2D eigenvalue weighted by molar-refractivity contribution is -0.124. The van der Waals surface area contributed by atoms with Crippen LogP contribution >= 0.6 is 15.9 Å². The fraction of sp³-hybridized carbons (Fsp3) is 0.710. The zero-order valence-electron chi connectivity index (χ0n) is 28.4. The predicted molar refractivity (Wildman–Crippen MR) is 180 cm³/mol. The van der Waals surface area contributed by atoms with Crippen LogP contribution in [0, 0.1) is 20.8 Å². The molecule has 266 valence electrons. The van der Waals surface area contributed by atoms with E-state index in [1.54, 1.807) is 20.8 Å². The van der Waals surface area contributed by atoms with Crippen LogP contribution in [0.4, 0.5) is 10.5 Å². The number of hydrogen-bond acceptors (Lipinski definition) is 10. The van der Waals surface area contributed by atoms with Crippen molar-refractivity contribution >= 4 is 39.5 Å². The van der Waals surface area contributed by atoms with Gasteiger partial charge in [0.05, 0.1) is 66.1 Å². The molecule has 1 aromatic carbocycles. The molecule has 0 saturated carbocycles. The van der Waals surface area contributed by atoms with Crippen molar-refractivity contribution in [2.45, 2.75) is 66.0 Å². The van der Waals surface area contributed by atoms with E-state index in [1.807, 2.05) is 26.8 Å². The Kier molecular flexibility index (Phi) is 21.7. The van der Waals surface area contributed by atoms with E-state index in [2.05, 4.69) is 41.9 Å². The summed E-state index contributed by atoms with van der Waals surface area (Å²) in [5.74, 6) is -0.729. The van der Waals surface area contributed by atoms with Gasteiger partial charge in [-0.2, -0.15) is 0 Å². The van der Waals surface area contributed by atoms with Gasteiger partial charge in [-0.25, -0.2) is 4.79 Å². The molecule has 3 amide bonds. The number of aryl methyl sites for hydroxylation is 2. The van der Waals surface area contributed by atoms with Crippen LogP contribution in [0.2, 0.25) is 0 Å². The molecule has 0 aliphatic heterocycles. The molecule has 0 saturated heterocycles. The van der Waals surface area contributed by atoms with Gasteiger partial charge in [0.25, 0.3) is 0 Å². The number of ether oxygens (including phenoxy) is 6. The van der Waals surface area contributed by atoms with Gasteiger partial charge in [-0.1, -0.05) is 27.1 Å². The molecule has 0 fully saturated rings. The standard InChI is InChI=1S/C31H51BrN6O9/c1-22-21-23(2)28(24(3)27(22)32)37-26(39)8-7-25(36-30(41)47-31(4,5)6)29(40)34-9-11-42-13-15-44-17-19-46-20-18-45-16-14-43-12-10-35-38-33/h21,25H,7-20H2,1-6H3,(H,34,40)(H,36,41)(H,37,39)/t25-/m0/s1. The van der Waals surface area contributed by atoms with Crippen LogP contribution in [0.25, 0.3) is 10.4 Å². The van der Waals surface area contributed by atoms with Gasteiger partial charge in [0.15, 0.2) is 0 Å². The molecule has 0 heterocycles. The Balaban J connectivity index is 2.31. The molecule has 1 atom stereocenters. The molecule has 0 radical (unpaired) electrons. The summed E-state index contributed by atoms with van der Waals surface area (Å²) in [5.41, 5.74) is 11.0. The number of alkyl carbamates (subject to hydrolysis) is 1. The summed E-state index contributed by atoms with van der Waals surface area (Å²) >= 11 is 3.56. The number of anilines is 1. The lowest BCUT2D eigenvalue weighted by Gasteiger charge is -2.23. The number of benzene rings is 1. The SMILES string of the molecule is Cc1cc(C)c(NC(=O)CC[C@H](NC(=O)OC(C)(C)C)C(=O)NCCOCCOCCOCCOCCOCCN=[N+]=[N-])c(C)c1Br. The Morgan fingerprint density at radius 2 is 1.40 bits per heavy atom. The van der Waals surface area contributed by atoms with Crippen molar-refractivity contribution in [2.24, 2.45) is 5.11 Å². The third-order valence-corrected chi connectivity index (χ3v) is 7.46.